The number of hydrogen-bond donors (Lipinski definition) is 2. The number of nitrogens with one attached hydrogen (secondary N) is 2. The van der Waals surface area contributed by atoms with Crippen LogP contribution in [0, 0.1) is 13.8 Å². The molecule has 152 valence electrons. The van der Waals surface area contributed by atoms with Gasteiger partial charge in [0.25, 0.3) is 15.9 Å². The summed E-state index contributed by atoms with van der Waals surface area (Å²) in [4.78, 5) is 12.3. The average Bonchev–Trinajstić information content (AvgIpc) is 3.10. The van der Waals surface area contributed by atoms with Crippen molar-refractivity contribution in [3.05, 3.63) is 70.1 Å². The van der Waals surface area contributed by atoms with Crippen LogP contribution in [-0.4, -0.2) is 21.4 Å². The predicted molar refractivity (Wildman–Crippen MR) is 114 cm³/mol. The fraction of sp³-hybridized carbons (Fsp3) is 0.150. The molecule has 29 heavy (non-hydrogen) atoms. The zero-order valence-corrected chi connectivity index (χ0v) is 18.3. The first-order chi connectivity index (χ1) is 13.7. The maximum atomic E-state index is 13.0. The van der Waals surface area contributed by atoms with Crippen LogP contribution in [0.15, 0.2) is 62.5 Å². The van der Waals surface area contributed by atoms with Crippen LogP contribution in [0.25, 0.3) is 0 Å². The summed E-state index contributed by atoms with van der Waals surface area (Å²) in [6.45, 7) is 3.53. The van der Waals surface area contributed by atoms with Crippen LogP contribution in [0.5, 0.6) is 5.75 Å². The maximum Gasteiger partial charge on any atom is 0.265 e. The molecule has 0 atom stereocenters. The van der Waals surface area contributed by atoms with E-state index >= 15 is 0 Å². The first-order valence-electron chi connectivity index (χ1n) is 8.53. The van der Waals surface area contributed by atoms with Gasteiger partial charge in [-0.15, -0.1) is 0 Å². The molecule has 2 N–H and O–H groups in total. The number of ether oxygens (including phenoxy) is 1. The van der Waals surface area contributed by atoms with Crippen molar-refractivity contribution in [1.29, 1.82) is 0 Å². The summed E-state index contributed by atoms with van der Waals surface area (Å²) in [5.74, 6) is 0.215. The Bertz CT molecular complexity index is 1170. The first-order valence-corrected chi connectivity index (χ1v) is 10.8. The Hall–Kier alpha value is -2.78. The Morgan fingerprint density at radius 1 is 1.10 bits per heavy atom. The quantitative estimate of drug-likeness (QED) is 0.533. The van der Waals surface area contributed by atoms with Gasteiger partial charge in [-0.2, -0.15) is 0 Å². The molecule has 0 saturated carbocycles. The third kappa shape index (κ3) is 4.63. The summed E-state index contributed by atoms with van der Waals surface area (Å²) >= 11 is 3.34. The molecule has 0 aliphatic carbocycles. The highest BCUT2D eigenvalue weighted by Gasteiger charge is 2.22. The molecule has 0 fully saturated rings. The fourth-order valence-corrected chi connectivity index (χ4v) is 4.44. The second-order valence-corrected chi connectivity index (χ2v) is 8.80. The van der Waals surface area contributed by atoms with Gasteiger partial charge < -0.3 is 14.5 Å². The van der Waals surface area contributed by atoms with Gasteiger partial charge in [0.15, 0.2) is 0 Å². The Kier molecular flexibility index (Phi) is 5.99. The van der Waals surface area contributed by atoms with E-state index in [1.165, 1.54) is 25.5 Å². The molecule has 0 aliphatic rings. The molecule has 0 bridgehead atoms. The van der Waals surface area contributed by atoms with E-state index in [1.807, 2.05) is 13.0 Å². The number of rotatable bonds is 6. The Labute approximate surface area is 177 Å². The molecule has 0 aliphatic heterocycles. The van der Waals surface area contributed by atoms with E-state index in [0.717, 1.165) is 5.56 Å². The standard InChI is InChI=1S/C20H19BrN2O5S/c1-12-4-6-16(21)17(10-12)23-29(25,26)19-11-14(5-7-18(19)27-3)22-20(24)15-8-9-28-13(15)2/h4-11,23H,1-3H3,(H,22,24). The number of carbonyl (C=O) groups excluding carboxylic acids is 1. The third-order valence-electron chi connectivity index (χ3n) is 4.18. The lowest BCUT2D eigenvalue weighted by Crippen LogP contribution is -2.16. The van der Waals surface area contributed by atoms with Crippen molar-refractivity contribution < 1.29 is 22.4 Å². The van der Waals surface area contributed by atoms with E-state index in [4.69, 9.17) is 9.15 Å². The molecular formula is C20H19BrN2O5S. The summed E-state index contributed by atoms with van der Waals surface area (Å²) in [6.07, 6.45) is 1.41. The number of halogens is 1. The SMILES string of the molecule is COc1ccc(NC(=O)c2ccoc2C)cc1S(=O)(=O)Nc1cc(C)ccc1Br. The van der Waals surface area contributed by atoms with E-state index < -0.39 is 15.9 Å². The number of hydrogen-bond acceptors (Lipinski definition) is 5. The highest BCUT2D eigenvalue weighted by Crippen LogP contribution is 2.31. The Morgan fingerprint density at radius 3 is 2.52 bits per heavy atom. The summed E-state index contributed by atoms with van der Waals surface area (Å²) in [6, 6.07) is 11.3. The highest BCUT2D eigenvalue weighted by atomic mass is 79.9. The Balaban J connectivity index is 1.95. The van der Waals surface area contributed by atoms with Gasteiger partial charge in [0.05, 0.1) is 24.6 Å². The summed E-state index contributed by atoms with van der Waals surface area (Å²) in [7, 11) is -2.61. The number of furan rings is 1. The van der Waals surface area contributed by atoms with Crippen molar-refractivity contribution in [3.8, 4) is 5.75 Å². The number of carbonyl (C=O) groups is 1. The van der Waals surface area contributed by atoms with Crippen LogP contribution in [0.4, 0.5) is 11.4 Å². The molecule has 0 radical (unpaired) electrons. The molecule has 3 aromatic rings. The van der Waals surface area contributed by atoms with E-state index in [9.17, 15) is 13.2 Å². The summed E-state index contributed by atoms with van der Waals surface area (Å²) in [5.41, 5.74) is 1.97. The van der Waals surface area contributed by atoms with E-state index in [0.29, 0.717) is 27.2 Å². The van der Waals surface area contributed by atoms with Crippen molar-refractivity contribution in [3.63, 3.8) is 0 Å². The van der Waals surface area contributed by atoms with Crippen molar-refractivity contribution in [1.82, 2.24) is 0 Å². The second kappa shape index (κ2) is 8.30. The number of aryl methyl sites for hydroxylation is 2. The third-order valence-corrected chi connectivity index (χ3v) is 6.26. The molecule has 1 aromatic heterocycles. The van der Waals surface area contributed by atoms with Crippen molar-refractivity contribution in [2.45, 2.75) is 18.7 Å². The van der Waals surface area contributed by atoms with Crippen LogP contribution < -0.4 is 14.8 Å². The number of methoxy groups -OCH3 is 1. The minimum atomic E-state index is -3.99. The molecule has 0 saturated heterocycles. The molecule has 0 spiro atoms. The van der Waals surface area contributed by atoms with Crippen molar-refractivity contribution >= 4 is 43.2 Å². The zero-order chi connectivity index (χ0) is 21.2. The van der Waals surface area contributed by atoms with Gasteiger partial charge in [0.1, 0.15) is 16.4 Å². The number of amides is 1. The van der Waals surface area contributed by atoms with Crippen LogP contribution in [0.1, 0.15) is 21.7 Å². The number of benzene rings is 2. The van der Waals surface area contributed by atoms with Gasteiger partial charge in [0, 0.05) is 10.2 Å². The lowest BCUT2D eigenvalue weighted by Gasteiger charge is -2.15. The largest absolute Gasteiger partial charge is 0.495 e. The second-order valence-electron chi connectivity index (χ2n) is 6.30. The first kappa shape index (κ1) is 20.9. The van der Waals surface area contributed by atoms with Crippen molar-refractivity contribution in [2.24, 2.45) is 0 Å². The van der Waals surface area contributed by atoms with Gasteiger partial charge in [0.2, 0.25) is 0 Å². The smallest absolute Gasteiger partial charge is 0.265 e. The van der Waals surface area contributed by atoms with Gasteiger partial charge in [-0.25, -0.2) is 8.42 Å². The molecule has 7 nitrogen and oxygen atoms in total. The summed E-state index contributed by atoms with van der Waals surface area (Å²) < 4.78 is 39.6. The number of sulfonamides is 1. The van der Waals surface area contributed by atoms with Crippen LogP contribution in [0.3, 0.4) is 0 Å². The molecule has 1 amide bonds. The number of anilines is 2. The van der Waals surface area contributed by atoms with Crippen LogP contribution in [-0.2, 0) is 10.0 Å². The fourth-order valence-electron chi connectivity index (χ4n) is 2.70. The molecule has 9 heteroatoms. The lowest BCUT2D eigenvalue weighted by atomic mass is 10.2. The van der Waals surface area contributed by atoms with Gasteiger partial charge in [-0.05, 0) is 71.7 Å². The minimum Gasteiger partial charge on any atom is -0.495 e. The topological polar surface area (TPSA) is 97.6 Å². The highest BCUT2D eigenvalue weighted by molar-refractivity contribution is 9.10. The normalized spacial score (nSPS) is 11.2. The maximum absolute atomic E-state index is 13.0. The summed E-state index contributed by atoms with van der Waals surface area (Å²) in [5, 5.41) is 2.68. The van der Waals surface area contributed by atoms with Gasteiger partial charge in [-0.3, -0.25) is 9.52 Å². The van der Waals surface area contributed by atoms with E-state index in [-0.39, 0.29) is 10.6 Å². The molecule has 0 unspecified atom stereocenters. The van der Waals surface area contributed by atoms with E-state index in [1.54, 1.807) is 31.2 Å². The molecule has 2 aromatic carbocycles. The lowest BCUT2D eigenvalue weighted by molar-refractivity contribution is 0.102. The Morgan fingerprint density at radius 2 is 1.86 bits per heavy atom. The monoisotopic (exact) mass is 478 g/mol. The minimum absolute atomic E-state index is 0.102. The van der Waals surface area contributed by atoms with Crippen LogP contribution >= 0.6 is 15.9 Å². The van der Waals surface area contributed by atoms with Crippen molar-refractivity contribution in [2.75, 3.05) is 17.1 Å². The van der Waals surface area contributed by atoms with Gasteiger partial charge >= 0.3 is 0 Å². The van der Waals surface area contributed by atoms with Crippen LogP contribution in [0.2, 0.25) is 0 Å². The molecule has 3 rings (SSSR count). The molecule has 1 heterocycles. The van der Waals surface area contributed by atoms with Gasteiger partial charge in [-0.1, -0.05) is 6.07 Å². The average molecular weight is 479 g/mol. The predicted octanol–water partition coefficient (Wildman–Crippen LogP) is 4.72. The van der Waals surface area contributed by atoms with E-state index in [2.05, 4.69) is 26.0 Å². The molecular weight excluding hydrogens is 460 g/mol. The zero-order valence-electron chi connectivity index (χ0n) is 15.9.